The standard InChI is InChI=1S/C15H24N4O2S/c1-15(2,3)21-14(20)18-8-4-5-10(9-18)12-16-17-13(22)19(12)11-6-7-11/h10-11H,4-9H2,1-3H3,(H,17,22). The second-order valence-corrected chi connectivity index (χ2v) is 7.64. The summed E-state index contributed by atoms with van der Waals surface area (Å²) in [5.41, 5.74) is -0.460. The van der Waals surface area contributed by atoms with Gasteiger partial charge in [-0.05, 0) is 58.7 Å². The minimum absolute atomic E-state index is 0.231. The molecule has 2 fully saturated rings. The summed E-state index contributed by atoms with van der Waals surface area (Å²) >= 11 is 5.35. The van der Waals surface area contributed by atoms with E-state index < -0.39 is 5.60 Å². The van der Waals surface area contributed by atoms with Crippen molar-refractivity contribution in [3.63, 3.8) is 0 Å². The smallest absolute Gasteiger partial charge is 0.410 e. The SMILES string of the molecule is CC(C)(C)OC(=O)N1CCCC(c2n[nH]c(=S)n2C2CC2)C1. The molecule has 0 radical (unpaired) electrons. The van der Waals surface area contributed by atoms with E-state index in [0.29, 0.717) is 17.4 Å². The van der Waals surface area contributed by atoms with Crippen LogP contribution in [0.2, 0.25) is 0 Å². The quantitative estimate of drug-likeness (QED) is 0.847. The van der Waals surface area contributed by atoms with E-state index in [0.717, 1.165) is 25.2 Å². The zero-order valence-electron chi connectivity index (χ0n) is 13.5. The van der Waals surface area contributed by atoms with Gasteiger partial charge >= 0.3 is 6.09 Å². The number of ether oxygens (including phenoxy) is 1. The van der Waals surface area contributed by atoms with Crippen LogP contribution in [0.25, 0.3) is 0 Å². The topological polar surface area (TPSA) is 63.1 Å². The summed E-state index contributed by atoms with van der Waals surface area (Å²) < 4.78 is 8.34. The first-order valence-corrected chi connectivity index (χ1v) is 8.41. The van der Waals surface area contributed by atoms with Crippen LogP contribution in [0.15, 0.2) is 0 Å². The van der Waals surface area contributed by atoms with Crippen molar-refractivity contribution < 1.29 is 9.53 Å². The van der Waals surface area contributed by atoms with Crippen LogP contribution >= 0.6 is 12.2 Å². The van der Waals surface area contributed by atoms with Gasteiger partial charge in [0.15, 0.2) is 4.77 Å². The molecule has 1 unspecified atom stereocenters. The van der Waals surface area contributed by atoms with Crippen molar-refractivity contribution in [1.29, 1.82) is 0 Å². The van der Waals surface area contributed by atoms with Gasteiger partial charge in [0.25, 0.3) is 0 Å². The Morgan fingerprint density at radius 1 is 1.36 bits per heavy atom. The molecule has 2 heterocycles. The Morgan fingerprint density at radius 2 is 2.09 bits per heavy atom. The summed E-state index contributed by atoms with van der Waals surface area (Å²) in [6.07, 6.45) is 4.11. The van der Waals surface area contributed by atoms with Gasteiger partial charge < -0.3 is 14.2 Å². The lowest BCUT2D eigenvalue weighted by atomic mass is 9.97. The molecule has 1 saturated carbocycles. The van der Waals surface area contributed by atoms with Gasteiger partial charge in [-0.3, -0.25) is 5.10 Å². The lowest BCUT2D eigenvalue weighted by molar-refractivity contribution is 0.0195. The van der Waals surface area contributed by atoms with E-state index in [1.165, 1.54) is 12.8 Å². The number of piperidine rings is 1. The van der Waals surface area contributed by atoms with E-state index in [1.807, 2.05) is 20.8 Å². The fourth-order valence-corrected chi connectivity index (χ4v) is 3.26. The molecule has 0 bridgehead atoms. The lowest BCUT2D eigenvalue weighted by Gasteiger charge is -2.33. The highest BCUT2D eigenvalue weighted by Gasteiger charge is 2.34. The number of likely N-dealkylation sites (tertiary alicyclic amines) is 1. The van der Waals surface area contributed by atoms with Crippen LogP contribution in [0.3, 0.4) is 0 Å². The molecule has 1 aromatic rings. The van der Waals surface area contributed by atoms with Crippen LogP contribution in [-0.4, -0.2) is 44.4 Å². The Hall–Kier alpha value is -1.37. The number of carbonyl (C=O) groups excluding carboxylic acids is 1. The van der Waals surface area contributed by atoms with Crippen LogP contribution in [0.4, 0.5) is 4.79 Å². The molecule has 22 heavy (non-hydrogen) atoms. The Bertz CT molecular complexity index is 612. The van der Waals surface area contributed by atoms with Gasteiger partial charge in [-0.25, -0.2) is 4.79 Å². The minimum Gasteiger partial charge on any atom is -0.444 e. The Morgan fingerprint density at radius 3 is 2.73 bits per heavy atom. The molecule has 0 aromatic carbocycles. The number of aromatic amines is 1. The van der Waals surface area contributed by atoms with Crippen molar-refractivity contribution in [2.45, 2.75) is 64.0 Å². The van der Waals surface area contributed by atoms with E-state index in [9.17, 15) is 4.79 Å². The van der Waals surface area contributed by atoms with Crippen molar-refractivity contribution >= 4 is 18.3 Å². The van der Waals surface area contributed by atoms with Gasteiger partial charge in [0, 0.05) is 25.0 Å². The first kappa shape index (κ1) is 15.5. The van der Waals surface area contributed by atoms with E-state index in [2.05, 4.69) is 14.8 Å². The second kappa shape index (κ2) is 5.68. The minimum atomic E-state index is -0.460. The lowest BCUT2D eigenvalue weighted by Crippen LogP contribution is -2.42. The van der Waals surface area contributed by atoms with Gasteiger partial charge in [0.05, 0.1) is 0 Å². The average Bonchev–Trinajstić information content (AvgIpc) is 3.20. The predicted molar refractivity (Wildman–Crippen MR) is 85.5 cm³/mol. The summed E-state index contributed by atoms with van der Waals surface area (Å²) in [7, 11) is 0. The van der Waals surface area contributed by atoms with E-state index >= 15 is 0 Å². The first-order chi connectivity index (χ1) is 10.3. The number of aromatic nitrogens is 3. The molecule has 1 aromatic heterocycles. The Labute approximate surface area is 135 Å². The molecule has 1 aliphatic carbocycles. The molecule has 6 nitrogen and oxygen atoms in total. The third-order valence-electron chi connectivity index (χ3n) is 4.08. The molecule has 1 aliphatic heterocycles. The summed E-state index contributed by atoms with van der Waals surface area (Å²) in [6, 6.07) is 0.498. The zero-order chi connectivity index (χ0) is 15.9. The third-order valence-corrected chi connectivity index (χ3v) is 4.37. The number of H-pyrrole nitrogens is 1. The molecule has 2 aliphatic rings. The zero-order valence-corrected chi connectivity index (χ0v) is 14.3. The normalized spacial score (nSPS) is 22.7. The van der Waals surface area contributed by atoms with Gasteiger partial charge in [-0.15, -0.1) is 0 Å². The Balaban J connectivity index is 1.73. The van der Waals surface area contributed by atoms with Crippen LogP contribution in [0, 0.1) is 4.77 Å². The van der Waals surface area contributed by atoms with Gasteiger partial charge in [0.2, 0.25) is 0 Å². The highest BCUT2D eigenvalue weighted by atomic mass is 32.1. The molecule has 0 spiro atoms. The maximum Gasteiger partial charge on any atom is 0.410 e. The molecule has 3 rings (SSSR count). The number of nitrogens with one attached hydrogen (secondary N) is 1. The molecular formula is C15H24N4O2S. The number of hydrogen-bond acceptors (Lipinski definition) is 4. The molecule has 1 amide bonds. The van der Waals surface area contributed by atoms with Crippen molar-refractivity contribution in [2.24, 2.45) is 0 Å². The Kier molecular flexibility index (Phi) is 4.01. The van der Waals surface area contributed by atoms with Crippen molar-refractivity contribution in [3.05, 3.63) is 10.6 Å². The summed E-state index contributed by atoms with van der Waals surface area (Å²) in [4.78, 5) is 14.1. The van der Waals surface area contributed by atoms with Crippen molar-refractivity contribution in [1.82, 2.24) is 19.7 Å². The van der Waals surface area contributed by atoms with E-state index in [4.69, 9.17) is 17.0 Å². The number of hydrogen-bond donors (Lipinski definition) is 1. The molecule has 1 atom stereocenters. The number of amides is 1. The van der Waals surface area contributed by atoms with Crippen LogP contribution < -0.4 is 0 Å². The number of rotatable bonds is 2. The van der Waals surface area contributed by atoms with Crippen LogP contribution in [0.5, 0.6) is 0 Å². The monoisotopic (exact) mass is 324 g/mol. The van der Waals surface area contributed by atoms with Crippen molar-refractivity contribution in [2.75, 3.05) is 13.1 Å². The largest absolute Gasteiger partial charge is 0.444 e. The molecule has 1 N–H and O–H groups in total. The highest BCUT2D eigenvalue weighted by Crippen LogP contribution is 2.38. The summed E-state index contributed by atoms with van der Waals surface area (Å²) in [5.74, 6) is 1.23. The van der Waals surface area contributed by atoms with Crippen molar-refractivity contribution in [3.8, 4) is 0 Å². The highest BCUT2D eigenvalue weighted by molar-refractivity contribution is 7.71. The predicted octanol–water partition coefficient (Wildman–Crippen LogP) is 3.39. The van der Waals surface area contributed by atoms with Crippen LogP contribution in [0.1, 0.15) is 64.2 Å². The van der Waals surface area contributed by atoms with Gasteiger partial charge in [0.1, 0.15) is 11.4 Å². The number of nitrogens with zero attached hydrogens (tertiary/aromatic N) is 3. The second-order valence-electron chi connectivity index (χ2n) is 7.25. The molecule has 122 valence electrons. The fourth-order valence-electron chi connectivity index (χ4n) is 2.97. The van der Waals surface area contributed by atoms with Gasteiger partial charge in [-0.2, -0.15) is 5.10 Å². The maximum atomic E-state index is 12.3. The van der Waals surface area contributed by atoms with Gasteiger partial charge in [-0.1, -0.05) is 0 Å². The van der Waals surface area contributed by atoms with E-state index in [1.54, 1.807) is 4.90 Å². The van der Waals surface area contributed by atoms with E-state index in [-0.39, 0.29) is 12.0 Å². The number of carbonyl (C=O) groups is 1. The summed E-state index contributed by atoms with van der Waals surface area (Å²) in [6.45, 7) is 7.08. The third kappa shape index (κ3) is 3.34. The molecular weight excluding hydrogens is 300 g/mol. The first-order valence-electron chi connectivity index (χ1n) is 8.00. The van der Waals surface area contributed by atoms with Crippen LogP contribution in [-0.2, 0) is 4.74 Å². The fraction of sp³-hybridized carbons (Fsp3) is 0.800. The summed E-state index contributed by atoms with van der Waals surface area (Å²) in [5, 5.41) is 7.36. The molecule has 7 heteroatoms. The average molecular weight is 324 g/mol. The molecule has 1 saturated heterocycles. The maximum absolute atomic E-state index is 12.3.